The summed E-state index contributed by atoms with van der Waals surface area (Å²) in [5.74, 6) is 0. The Morgan fingerprint density at radius 3 is 2.41 bits per heavy atom. The number of aromatic nitrogens is 3. The van der Waals surface area contributed by atoms with Gasteiger partial charge in [0.05, 0.1) is 17.6 Å². The van der Waals surface area contributed by atoms with Crippen molar-refractivity contribution in [2.75, 3.05) is 5.43 Å². The van der Waals surface area contributed by atoms with Crippen molar-refractivity contribution in [1.29, 1.82) is 0 Å². The lowest BCUT2D eigenvalue weighted by atomic mass is 10.1. The van der Waals surface area contributed by atoms with Crippen molar-refractivity contribution in [1.82, 2.24) is 14.8 Å². The molecule has 0 aliphatic carbocycles. The highest BCUT2D eigenvalue weighted by atomic mass is 15.3. The molecule has 0 radical (unpaired) electrons. The van der Waals surface area contributed by atoms with Gasteiger partial charge >= 0.3 is 0 Å². The van der Waals surface area contributed by atoms with Crippen LogP contribution in [0.4, 0.5) is 5.69 Å². The summed E-state index contributed by atoms with van der Waals surface area (Å²) in [4.78, 5) is 4.09. The molecular weight excluding hydrogens is 334 g/mol. The third kappa shape index (κ3) is 3.93. The second-order valence-corrected chi connectivity index (χ2v) is 6.19. The van der Waals surface area contributed by atoms with Gasteiger partial charge in [-0.1, -0.05) is 35.9 Å². The van der Waals surface area contributed by atoms with Crippen molar-refractivity contribution in [2.24, 2.45) is 5.10 Å². The molecule has 132 valence electrons. The molecule has 0 atom stereocenters. The first kappa shape index (κ1) is 16.7. The van der Waals surface area contributed by atoms with E-state index in [2.05, 4.69) is 22.4 Å². The Morgan fingerprint density at radius 1 is 0.926 bits per heavy atom. The largest absolute Gasteiger partial charge is 0.279 e. The van der Waals surface area contributed by atoms with E-state index in [1.807, 2.05) is 77.6 Å². The molecule has 0 unspecified atom stereocenters. The van der Waals surface area contributed by atoms with Crippen LogP contribution in [0.1, 0.15) is 11.1 Å². The van der Waals surface area contributed by atoms with Gasteiger partial charge in [-0.2, -0.15) is 10.2 Å². The molecule has 2 heterocycles. The topological polar surface area (TPSA) is 55.1 Å². The average Bonchev–Trinajstić information content (AvgIpc) is 3.15. The molecule has 0 saturated carbocycles. The number of para-hydroxylation sites is 1. The number of hydrogen-bond acceptors (Lipinski definition) is 4. The maximum atomic E-state index is 4.76. The van der Waals surface area contributed by atoms with E-state index in [1.54, 1.807) is 18.6 Å². The lowest BCUT2D eigenvalue weighted by molar-refractivity contribution is 0.884. The van der Waals surface area contributed by atoms with Crippen LogP contribution in [0.25, 0.3) is 16.9 Å². The minimum atomic E-state index is 0.857. The summed E-state index contributed by atoms with van der Waals surface area (Å²) < 4.78 is 1.86. The smallest absolute Gasteiger partial charge is 0.102 e. The molecule has 1 N–H and O–H groups in total. The molecular formula is C22H19N5. The van der Waals surface area contributed by atoms with Crippen LogP contribution in [0, 0.1) is 6.92 Å². The van der Waals surface area contributed by atoms with E-state index in [1.165, 1.54) is 5.56 Å². The highest BCUT2D eigenvalue weighted by Crippen LogP contribution is 2.22. The fraction of sp³-hybridized carbons (Fsp3) is 0.0455. The zero-order chi connectivity index (χ0) is 18.5. The Morgan fingerprint density at radius 2 is 1.67 bits per heavy atom. The number of hydrogen-bond donors (Lipinski definition) is 1. The quantitative estimate of drug-likeness (QED) is 0.418. The Kier molecular flexibility index (Phi) is 4.74. The van der Waals surface area contributed by atoms with E-state index in [0.717, 1.165) is 28.2 Å². The first-order chi connectivity index (χ1) is 13.3. The summed E-state index contributed by atoms with van der Waals surface area (Å²) in [6.45, 7) is 2.06. The minimum absolute atomic E-state index is 0.857. The van der Waals surface area contributed by atoms with Crippen LogP contribution < -0.4 is 5.43 Å². The molecule has 0 aliphatic rings. The number of benzene rings is 2. The Labute approximate surface area is 158 Å². The Bertz CT molecular complexity index is 1040. The van der Waals surface area contributed by atoms with E-state index in [-0.39, 0.29) is 0 Å². The van der Waals surface area contributed by atoms with Gasteiger partial charge in [-0.05, 0) is 43.3 Å². The first-order valence-corrected chi connectivity index (χ1v) is 8.71. The molecule has 2 aromatic carbocycles. The predicted molar refractivity (Wildman–Crippen MR) is 109 cm³/mol. The number of aryl methyl sites for hydroxylation is 1. The van der Waals surface area contributed by atoms with E-state index >= 15 is 0 Å². The van der Waals surface area contributed by atoms with E-state index in [4.69, 9.17) is 5.10 Å². The number of hydrazone groups is 1. The third-order valence-corrected chi connectivity index (χ3v) is 4.17. The molecule has 4 aromatic rings. The van der Waals surface area contributed by atoms with Crippen LogP contribution in [0.15, 0.2) is 90.4 Å². The zero-order valence-electron chi connectivity index (χ0n) is 14.9. The van der Waals surface area contributed by atoms with Crippen molar-refractivity contribution in [3.63, 3.8) is 0 Å². The predicted octanol–water partition coefficient (Wildman–Crippen LogP) is 4.69. The number of nitrogens with one attached hydrogen (secondary N) is 1. The normalized spacial score (nSPS) is 11.0. The zero-order valence-corrected chi connectivity index (χ0v) is 14.9. The van der Waals surface area contributed by atoms with Gasteiger partial charge in [0, 0.05) is 29.7 Å². The number of anilines is 1. The van der Waals surface area contributed by atoms with Gasteiger partial charge in [-0.15, -0.1) is 0 Å². The highest BCUT2D eigenvalue weighted by molar-refractivity contribution is 5.89. The molecule has 0 bridgehead atoms. The molecule has 27 heavy (non-hydrogen) atoms. The van der Waals surface area contributed by atoms with E-state index in [0.29, 0.717) is 0 Å². The second-order valence-electron chi connectivity index (χ2n) is 6.19. The molecule has 0 amide bonds. The molecule has 0 saturated heterocycles. The van der Waals surface area contributed by atoms with Crippen molar-refractivity contribution >= 4 is 11.9 Å². The van der Waals surface area contributed by atoms with Crippen molar-refractivity contribution < 1.29 is 0 Å². The average molecular weight is 353 g/mol. The van der Waals surface area contributed by atoms with E-state index < -0.39 is 0 Å². The number of nitrogens with zero attached hydrogens (tertiary/aromatic N) is 4. The fourth-order valence-corrected chi connectivity index (χ4v) is 2.73. The summed E-state index contributed by atoms with van der Waals surface area (Å²) in [5, 5.41) is 9.15. The summed E-state index contributed by atoms with van der Waals surface area (Å²) in [6, 6.07) is 22.0. The fourth-order valence-electron chi connectivity index (χ4n) is 2.73. The van der Waals surface area contributed by atoms with Crippen LogP contribution in [-0.4, -0.2) is 21.0 Å². The molecule has 0 spiro atoms. The third-order valence-electron chi connectivity index (χ3n) is 4.17. The SMILES string of the molecule is Cc1ccc(N/N=C\c2cn(-c3ccccc3)nc2-c2ccncc2)cc1. The summed E-state index contributed by atoms with van der Waals surface area (Å²) in [5.41, 5.74) is 9.00. The van der Waals surface area contributed by atoms with Crippen LogP contribution in [0.3, 0.4) is 0 Å². The van der Waals surface area contributed by atoms with Gasteiger partial charge in [0.2, 0.25) is 0 Å². The summed E-state index contributed by atoms with van der Waals surface area (Å²) in [6.07, 6.45) is 7.30. The molecule has 5 nitrogen and oxygen atoms in total. The van der Waals surface area contributed by atoms with Gasteiger partial charge in [-0.3, -0.25) is 10.4 Å². The van der Waals surface area contributed by atoms with Gasteiger partial charge in [0.25, 0.3) is 0 Å². The van der Waals surface area contributed by atoms with E-state index in [9.17, 15) is 0 Å². The van der Waals surface area contributed by atoms with Gasteiger partial charge < -0.3 is 0 Å². The lowest BCUT2D eigenvalue weighted by Gasteiger charge is -2.00. The standard InChI is InChI=1S/C22H19N5/c1-17-7-9-20(10-8-17)25-24-15-19-16-27(21-5-3-2-4-6-21)26-22(19)18-11-13-23-14-12-18/h2-16,25H,1H3/b24-15-. The van der Waals surface area contributed by atoms with Crippen molar-refractivity contribution in [3.8, 4) is 16.9 Å². The minimum Gasteiger partial charge on any atom is -0.279 e. The Hall–Kier alpha value is -3.73. The number of pyridine rings is 1. The molecule has 4 rings (SSSR count). The van der Waals surface area contributed by atoms with Crippen LogP contribution in [-0.2, 0) is 0 Å². The van der Waals surface area contributed by atoms with Crippen LogP contribution in [0.5, 0.6) is 0 Å². The molecule has 0 fully saturated rings. The van der Waals surface area contributed by atoms with Gasteiger partial charge in [0.15, 0.2) is 0 Å². The summed E-state index contributed by atoms with van der Waals surface area (Å²) in [7, 11) is 0. The van der Waals surface area contributed by atoms with Crippen LogP contribution >= 0.6 is 0 Å². The van der Waals surface area contributed by atoms with Crippen molar-refractivity contribution in [3.05, 3.63) is 96.4 Å². The van der Waals surface area contributed by atoms with Gasteiger partial charge in [0.1, 0.15) is 5.69 Å². The summed E-state index contributed by atoms with van der Waals surface area (Å²) >= 11 is 0. The molecule has 2 aromatic heterocycles. The van der Waals surface area contributed by atoms with Crippen molar-refractivity contribution in [2.45, 2.75) is 6.92 Å². The number of rotatable bonds is 5. The van der Waals surface area contributed by atoms with Crippen LogP contribution in [0.2, 0.25) is 0 Å². The monoisotopic (exact) mass is 353 g/mol. The lowest BCUT2D eigenvalue weighted by Crippen LogP contribution is -1.93. The maximum absolute atomic E-state index is 4.76. The maximum Gasteiger partial charge on any atom is 0.102 e. The van der Waals surface area contributed by atoms with Gasteiger partial charge in [-0.25, -0.2) is 4.68 Å². The highest BCUT2D eigenvalue weighted by Gasteiger charge is 2.10. The molecule has 5 heteroatoms. The second kappa shape index (κ2) is 7.66. The molecule has 0 aliphatic heterocycles. The first-order valence-electron chi connectivity index (χ1n) is 8.71. The Balaban J connectivity index is 1.66.